The second kappa shape index (κ2) is 9.36. The molecule has 1 aliphatic rings. The van der Waals surface area contributed by atoms with Crippen molar-refractivity contribution in [3.63, 3.8) is 0 Å². The second-order valence-electron chi connectivity index (χ2n) is 8.19. The molecule has 1 aromatic heterocycles. The van der Waals surface area contributed by atoms with Crippen molar-refractivity contribution in [2.24, 2.45) is 0 Å². The van der Waals surface area contributed by atoms with Crippen molar-refractivity contribution < 1.29 is 22.5 Å². The number of carbonyl (C=O) groups is 1. The summed E-state index contributed by atoms with van der Waals surface area (Å²) in [5.74, 6) is 0.837. The van der Waals surface area contributed by atoms with E-state index >= 15 is 0 Å². The first-order chi connectivity index (χ1) is 15.8. The zero-order valence-corrected chi connectivity index (χ0v) is 19.7. The average Bonchev–Trinajstić information content (AvgIpc) is 3.13. The SMILES string of the molecule is Cc1cccc(Oc2ccc(S(=O)(=O)N3CCCCC3)cc2NC(=O)c2c(C)noc2C)c1. The van der Waals surface area contributed by atoms with Crippen LogP contribution in [0, 0.1) is 20.8 Å². The molecular formula is C24H27N3O5S. The van der Waals surface area contributed by atoms with E-state index in [1.165, 1.54) is 16.4 Å². The third-order valence-corrected chi connectivity index (χ3v) is 7.52. The smallest absolute Gasteiger partial charge is 0.261 e. The molecule has 0 aliphatic carbocycles. The molecule has 33 heavy (non-hydrogen) atoms. The van der Waals surface area contributed by atoms with Gasteiger partial charge in [0.1, 0.15) is 17.1 Å². The number of rotatable bonds is 6. The zero-order chi connectivity index (χ0) is 23.6. The Balaban J connectivity index is 1.72. The Morgan fingerprint density at radius 2 is 1.82 bits per heavy atom. The van der Waals surface area contributed by atoms with Crippen LogP contribution in [0.1, 0.15) is 46.6 Å². The number of anilines is 1. The van der Waals surface area contributed by atoms with Crippen LogP contribution >= 0.6 is 0 Å². The molecule has 1 N–H and O–H groups in total. The van der Waals surface area contributed by atoms with Crippen molar-refractivity contribution in [3.8, 4) is 11.5 Å². The maximum atomic E-state index is 13.2. The summed E-state index contributed by atoms with van der Waals surface area (Å²) in [6.45, 7) is 6.25. The molecule has 1 fully saturated rings. The second-order valence-corrected chi connectivity index (χ2v) is 10.1. The Bertz CT molecular complexity index is 1260. The zero-order valence-electron chi connectivity index (χ0n) is 18.9. The van der Waals surface area contributed by atoms with Crippen molar-refractivity contribution >= 4 is 21.6 Å². The lowest BCUT2D eigenvalue weighted by atomic mass is 10.2. The van der Waals surface area contributed by atoms with Crippen molar-refractivity contribution in [2.45, 2.75) is 44.9 Å². The molecule has 0 bridgehead atoms. The maximum Gasteiger partial charge on any atom is 0.261 e. The number of ether oxygens (including phenoxy) is 1. The van der Waals surface area contributed by atoms with Crippen molar-refractivity contribution in [1.29, 1.82) is 0 Å². The summed E-state index contributed by atoms with van der Waals surface area (Å²) in [4.78, 5) is 13.1. The van der Waals surface area contributed by atoms with Gasteiger partial charge in [-0.05, 0) is 69.5 Å². The largest absolute Gasteiger partial charge is 0.455 e. The quantitative estimate of drug-likeness (QED) is 0.555. The van der Waals surface area contributed by atoms with Gasteiger partial charge in [0.25, 0.3) is 5.91 Å². The molecule has 0 radical (unpaired) electrons. The number of hydrogen-bond donors (Lipinski definition) is 1. The minimum absolute atomic E-state index is 0.107. The van der Waals surface area contributed by atoms with Gasteiger partial charge in [-0.25, -0.2) is 8.42 Å². The Kier molecular flexibility index (Phi) is 6.53. The molecule has 1 aliphatic heterocycles. The molecule has 1 amide bonds. The van der Waals surface area contributed by atoms with E-state index in [4.69, 9.17) is 9.26 Å². The fraction of sp³-hybridized carbons (Fsp3) is 0.333. The topological polar surface area (TPSA) is 102 Å². The number of hydrogen-bond acceptors (Lipinski definition) is 6. The highest BCUT2D eigenvalue weighted by Gasteiger charge is 2.27. The lowest BCUT2D eigenvalue weighted by molar-refractivity contribution is 0.102. The predicted molar refractivity (Wildman–Crippen MR) is 124 cm³/mol. The van der Waals surface area contributed by atoms with Crippen LogP contribution in [0.4, 0.5) is 5.69 Å². The Morgan fingerprint density at radius 1 is 1.06 bits per heavy atom. The van der Waals surface area contributed by atoms with E-state index in [9.17, 15) is 13.2 Å². The van der Waals surface area contributed by atoms with Crippen LogP contribution in [-0.2, 0) is 10.0 Å². The molecule has 174 valence electrons. The van der Waals surface area contributed by atoms with Gasteiger partial charge >= 0.3 is 0 Å². The van der Waals surface area contributed by atoms with Gasteiger partial charge < -0.3 is 14.6 Å². The van der Waals surface area contributed by atoms with Crippen LogP contribution < -0.4 is 10.1 Å². The minimum Gasteiger partial charge on any atom is -0.455 e. The molecule has 8 nitrogen and oxygen atoms in total. The van der Waals surface area contributed by atoms with Gasteiger partial charge in [-0.15, -0.1) is 0 Å². The fourth-order valence-corrected chi connectivity index (χ4v) is 5.45. The third-order valence-electron chi connectivity index (χ3n) is 5.63. The maximum absolute atomic E-state index is 13.2. The molecule has 0 saturated carbocycles. The van der Waals surface area contributed by atoms with Gasteiger partial charge in [0.15, 0.2) is 5.75 Å². The standard InChI is InChI=1S/C24H27N3O5S/c1-16-8-7-9-19(14-16)31-22-11-10-20(33(29,30)27-12-5-4-6-13-27)15-21(22)25-24(28)23-17(2)26-32-18(23)3/h7-11,14-15H,4-6,12-13H2,1-3H3,(H,25,28). The van der Waals surface area contributed by atoms with E-state index in [2.05, 4.69) is 10.5 Å². The number of carbonyl (C=O) groups excluding carboxylic acids is 1. The number of aryl methyl sites for hydroxylation is 3. The molecule has 2 heterocycles. The van der Waals surface area contributed by atoms with Crippen LogP contribution in [-0.4, -0.2) is 36.9 Å². The molecule has 9 heteroatoms. The number of amides is 1. The van der Waals surface area contributed by atoms with Crippen LogP contribution in [0.5, 0.6) is 11.5 Å². The lowest BCUT2D eigenvalue weighted by Gasteiger charge is -2.26. The van der Waals surface area contributed by atoms with Crippen LogP contribution in [0.15, 0.2) is 51.9 Å². The number of nitrogens with one attached hydrogen (secondary N) is 1. The number of nitrogens with zero attached hydrogens (tertiary/aromatic N) is 2. The van der Waals surface area contributed by atoms with E-state index in [1.807, 2.05) is 25.1 Å². The summed E-state index contributed by atoms with van der Waals surface area (Å²) in [7, 11) is -3.69. The number of benzene rings is 2. The highest BCUT2D eigenvalue weighted by molar-refractivity contribution is 7.89. The Hall–Kier alpha value is -3.17. The van der Waals surface area contributed by atoms with Crippen molar-refractivity contribution in [2.75, 3.05) is 18.4 Å². The molecular weight excluding hydrogens is 442 g/mol. The third kappa shape index (κ3) is 4.94. The fourth-order valence-electron chi connectivity index (χ4n) is 3.91. The Morgan fingerprint density at radius 3 is 2.48 bits per heavy atom. The van der Waals surface area contributed by atoms with Crippen LogP contribution in [0.3, 0.4) is 0 Å². The monoisotopic (exact) mass is 469 g/mol. The summed E-state index contributed by atoms with van der Waals surface area (Å²) < 4.78 is 39.1. The molecule has 0 spiro atoms. The average molecular weight is 470 g/mol. The first kappa shape index (κ1) is 23.0. The van der Waals surface area contributed by atoms with Gasteiger partial charge in [-0.2, -0.15) is 4.31 Å². The van der Waals surface area contributed by atoms with Gasteiger partial charge in [-0.3, -0.25) is 4.79 Å². The highest BCUT2D eigenvalue weighted by Crippen LogP contribution is 2.34. The van der Waals surface area contributed by atoms with E-state index < -0.39 is 15.9 Å². The van der Waals surface area contributed by atoms with Gasteiger partial charge in [-0.1, -0.05) is 23.7 Å². The number of sulfonamides is 1. The first-order valence-corrected chi connectivity index (χ1v) is 12.3. The minimum atomic E-state index is -3.69. The van der Waals surface area contributed by atoms with E-state index in [0.29, 0.717) is 41.6 Å². The van der Waals surface area contributed by atoms with Gasteiger partial charge in [0.2, 0.25) is 10.0 Å². The molecule has 3 aromatic rings. The summed E-state index contributed by atoms with van der Waals surface area (Å²) >= 11 is 0. The summed E-state index contributed by atoms with van der Waals surface area (Å²) in [6, 6.07) is 12.0. The molecule has 0 unspecified atom stereocenters. The van der Waals surface area contributed by atoms with Gasteiger partial charge in [0, 0.05) is 13.1 Å². The molecule has 1 saturated heterocycles. The summed E-state index contributed by atoms with van der Waals surface area (Å²) in [5, 5.41) is 6.63. The van der Waals surface area contributed by atoms with Crippen molar-refractivity contribution in [1.82, 2.24) is 9.46 Å². The summed E-state index contributed by atoms with van der Waals surface area (Å²) in [6.07, 6.45) is 2.70. The first-order valence-electron chi connectivity index (χ1n) is 10.9. The highest BCUT2D eigenvalue weighted by atomic mass is 32.2. The predicted octanol–water partition coefficient (Wildman–Crippen LogP) is 4.82. The van der Waals surface area contributed by atoms with E-state index in [0.717, 1.165) is 24.8 Å². The van der Waals surface area contributed by atoms with Crippen LogP contribution in [0.25, 0.3) is 0 Å². The molecule has 0 atom stereocenters. The molecule has 4 rings (SSSR count). The van der Waals surface area contributed by atoms with Gasteiger partial charge in [0.05, 0.1) is 16.3 Å². The normalized spacial score (nSPS) is 14.8. The lowest BCUT2D eigenvalue weighted by Crippen LogP contribution is -2.35. The van der Waals surface area contributed by atoms with E-state index in [-0.39, 0.29) is 10.6 Å². The number of aromatic nitrogens is 1. The number of piperidine rings is 1. The van der Waals surface area contributed by atoms with E-state index in [1.54, 1.807) is 26.0 Å². The Labute approximate surface area is 193 Å². The van der Waals surface area contributed by atoms with Crippen LogP contribution in [0.2, 0.25) is 0 Å². The molecule has 2 aromatic carbocycles. The summed E-state index contributed by atoms with van der Waals surface area (Å²) in [5.41, 5.74) is 2.02. The van der Waals surface area contributed by atoms with Crippen molar-refractivity contribution in [3.05, 3.63) is 65.0 Å².